The fourth-order valence-corrected chi connectivity index (χ4v) is 7.75. The molecule has 2 atom stereocenters. The van der Waals surface area contributed by atoms with Gasteiger partial charge in [-0.1, -0.05) is 49.6 Å². The van der Waals surface area contributed by atoms with E-state index in [-0.39, 0.29) is 11.8 Å². The number of nitrogens with one attached hydrogen (secondary N) is 1. The molecule has 10 heteroatoms. The predicted molar refractivity (Wildman–Crippen MR) is 159 cm³/mol. The fourth-order valence-electron chi connectivity index (χ4n) is 5.26. The van der Waals surface area contributed by atoms with Gasteiger partial charge in [-0.25, -0.2) is 4.79 Å². The predicted octanol–water partition coefficient (Wildman–Crippen LogP) is 4.19. The van der Waals surface area contributed by atoms with Crippen molar-refractivity contribution in [3.8, 4) is 0 Å². The molecule has 1 aromatic carbocycles. The van der Waals surface area contributed by atoms with E-state index in [0.717, 1.165) is 19.6 Å². The number of hydrogen-bond donors (Lipinski definition) is 1. The molecule has 2 aliphatic heterocycles. The molecule has 216 valence electrons. The number of ether oxygens (including phenoxy) is 1. The molecule has 0 radical (unpaired) electrons. The summed E-state index contributed by atoms with van der Waals surface area (Å²) in [7, 11) is 0. The molecule has 3 aliphatic rings. The Morgan fingerprint density at radius 2 is 1.74 bits per heavy atom. The highest BCUT2D eigenvalue weighted by Gasteiger charge is 2.39. The van der Waals surface area contributed by atoms with Crippen molar-refractivity contribution in [2.45, 2.75) is 82.4 Å². The van der Waals surface area contributed by atoms with Crippen LogP contribution in [0.5, 0.6) is 0 Å². The van der Waals surface area contributed by atoms with Crippen LogP contribution in [0.15, 0.2) is 30.3 Å². The highest BCUT2D eigenvalue weighted by atomic mass is 32.2. The molecule has 3 fully saturated rings. The number of rotatable bonds is 8. The smallest absolute Gasteiger partial charge is 0.411 e. The minimum atomic E-state index is -0.637. The third kappa shape index (κ3) is 9.05. The Morgan fingerprint density at radius 3 is 2.41 bits per heavy atom. The van der Waals surface area contributed by atoms with Gasteiger partial charge in [-0.15, -0.1) is 11.8 Å². The van der Waals surface area contributed by atoms with Crippen LogP contribution in [0.3, 0.4) is 0 Å². The second-order valence-electron chi connectivity index (χ2n) is 11.7. The van der Waals surface area contributed by atoms with E-state index < -0.39 is 23.8 Å². The molecule has 1 N–H and O–H groups in total. The summed E-state index contributed by atoms with van der Waals surface area (Å²) < 4.78 is 5.54. The van der Waals surface area contributed by atoms with Gasteiger partial charge >= 0.3 is 6.09 Å². The van der Waals surface area contributed by atoms with E-state index in [1.807, 2.05) is 43.5 Å². The standard InChI is InChI=1S/C29H44N4O4S2/c1-29(2,3)37-28(36)33-21-38-20-25(33)26(34)30-24(19-39-23-12-8-5-9-13-23)27(35)32-16-14-31(15-17-32)18-22-10-6-4-7-11-22/h4,6-7,10-11,23-25H,5,8-9,12-21H2,1-3H3,(H,30,34)/t24-,25-/m0/s1. The van der Waals surface area contributed by atoms with Gasteiger partial charge in [0.05, 0.1) is 5.88 Å². The quantitative estimate of drug-likeness (QED) is 0.497. The van der Waals surface area contributed by atoms with Gasteiger partial charge in [0.2, 0.25) is 11.8 Å². The summed E-state index contributed by atoms with van der Waals surface area (Å²) in [5.74, 6) is 1.19. The van der Waals surface area contributed by atoms with Crippen LogP contribution in [0.4, 0.5) is 4.79 Å². The number of carbonyl (C=O) groups excluding carboxylic acids is 3. The number of piperazine rings is 1. The summed E-state index contributed by atoms with van der Waals surface area (Å²) in [6.45, 7) is 9.25. The van der Waals surface area contributed by atoms with Crippen molar-refractivity contribution in [1.82, 2.24) is 20.0 Å². The van der Waals surface area contributed by atoms with Gasteiger partial charge in [0.15, 0.2) is 0 Å². The number of nitrogens with zero attached hydrogens (tertiary/aromatic N) is 3. The zero-order chi connectivity index (χ0) is 27.8. The first-order chi connectivity index (χ1) is 18.7. The molecule has 8 nitrogen and oxygen atoms in total. The lowest BCUT2D eigenvalue weighted by Gasteiger charge is -2.37. The Morgan fingerprint density at radius 1 is 1.05 bits per heavy atom. The summed E-state index contributed by atoms with van der Waals surface area (Å²) in [5.41, 5.74) is 0.638. The monoisotopic (exact) mass is 576 g/mol. The third-order valence-electron chi connectivity index (χ3n) is 7.41. The molecule has 3 amide bonds. The van der Waals surface area contributed by atoms with E-state index in [9.17, 15) is 14.4 Å². The van der Waals surface area contributed by atoms with Crippen LogP contribution in [0, 0.1) is 0 Å². The van der Waals surface area contributed by atoms with Crippen LogP contribution in [0.1, 0.15) is 58.4 Å². The zero-order valence-corrected chi connectivity index (χ0v) is 25.2. The Bertz CT molecular complexity index is 960. The molecule has 0 spiro atoms. The van der Waals surface area contributed by atoms with E-state index in [1.165, 1.54) is 54.3 Å². The first-order valence-electron chi connectivity index (χ1n) is 14.2. The van der Waals surface area contributed by atoms with E-state index in [4.69, 9.17) is 4.74 Å². The molecule has 0 bridgehead atoms. The van der Waals surface area contributed by atoms with Gasteiger partial charge < -0.3 is 15.0 Å². The van der Waals surface area contributed by atoms with Gasteiger partial charge in [-0.2, -0.15) is 11.8 Å². The van der Waals surface area contributed by atoms with E-state index >= 15 is 0 Å². The number of thioether (sulfide) groups is 2. The Labute approximate surface area is 241 Å². The average Bonchev–Trinajstić information content (AvgIpc) is 3.42. The topological polar surface area (TPSA) is 82.2 Å². The van der Waals surface area contributed by atoms with E-state index in [2.05, 4.69) is 34.5 Å². The Hall–Kier alpha value is -1.91. The number of amides is 3. The largest absolute Gasteiger partial charge is 0.444 e. The molecule has 39 heavy (non-hydrogen) atoms. The zero-order valence-electron chi connectivity index (χ0n) is 23.6. The van der Waals surface area contributed by atoms with E-state index in [1.54, 1.807) is 0 Å². The molecule has 1 saturated carbocycles. The van der Waals surface area contributed by atoms with Gasteiger partial charge in [0.1, 0.15) is 17.7 Å². The van der Waals surface area contributed by atoms with Crippen molar-refractivity contribution < 1.29 is 19.1 Å². The lowest BCUT2D eigenvalue weighted by molar-refractivity contribution is -0.138. The van der Waals surface area contributed by atoms with Crippen LogP contribution in [-0.2, 0) is 20.9 Å². The lowest BCUT2D eigenvalue weighted by atomic mass is 10.0. The van der Waals surface area contributed by atoms with Gasteiger partial charge in [-0.3, -0.25) is 19.4 Å². The molecule has 0 unspecified atom stereocenters. The molecule has 1 aliphatic carbocycles. The first-order valence-corrected chi connectivity index (χ1v) is 16.4. The number of benzene rings is 1. The first kappa shape index (κ1) is 30.1. The second-order valence-corrected chi connectivity index (χ2v) is 14.0. The number of carbonyl (C=O) groups is 3. The van der Waals surface area contributed by atoms with Crippen molar-refractivity contribution in [3.05, 3.63) is 35.9 Å². The molecule has 4 rings (SSSR count). The van der Waals surface area contributed by atoms with Crippen LogP contribution in [-0.4, -0.2) is 99.1 Å². The van der Waals surface area contributed by atoms with Gasteiger partial charge in [-0.05, 0) is 39.2 Å². The molecule has 0 aromatic heterocycles. The van der Waals surface area contributed by atoms with Gasteiger partial charge in [0, 0.05) is 49.5 Å². The van der Waals surface area contributed by atoms with Crippen LogP contribution in [0.25, 0.3) is 0 Å². The van der Waals surface area contributed by atoms with Crippen molar-refractivity contribution >= 4 is 41.4 Å². The van der Waals surface area contributed by atoms with Gasteiger partial charge in [0.25, 0.3) is 0 Å². The summed E-state index contributed by atoms with van der Waals surface area (Å²) in [4.78, 5) is 45.8. The Balaban J connectivity index is 1.37. The van der Waals surface area contributed by atoms with Crippen LogP contribution < -0.4 is 5.32 Å². The average molecular weight is 577 g/mol. The van der Waals surface area contributed by atoms with Crippen molar-refractivity contribution in [3.63, 3.8) is 0 Å². The molecule has 1 aromatic rings. The molecular weight excluding hydrogens is 532 g/mol. The normalized spacial score (nSPS) is 22.0. The maximum atomic E-state index is 13.8. The SMILES string of the molecule is CC(C)(C)OC(=O)N1CSC[C@H]1C(=O)N[C@@H](CSC1CCCCC1)C(=O)N1CCN(Cc2ccccc2)CC1. The maximum Gasteiger partial charge on any atom is 0.411 e. The molecule has 2 heterocycles. The molecular formula is C29H44N4O4S2. The van der Waals surface area contributed by atoms with Crippen LogP contribution in [0.2, 0.25) is 0 Å². The summed E-state index contributed by atoms with van der Waals surface area (Å²) in [6.07, 6.45) is 5.60. The van der Waals surface area contributed by atoms with Crippen LogP contribution >= 0.6 is 23.5 Å². The van der Waals surface area contributed by atoms with E-state index in [0.29, 0.717) is 35.7 Å². The summed E-state index contributed by atoms with van der Waals surface area (Å²) in [6, 6.07) is 9.16. The second kappa shape index (κ2) is 14.1. The van der Waals surface area contributed by atoms with Crippen molar-refractivity contribution in [1.29, 1.82) is 0 Å². The summed E-state index contributed by atoms with van der Waals surface area (Å²) >= 11 is 3.35. The highest BCUT2D eigenvalue weighted by molar-refractivity contribution is 8.00. The minimum Gasteiger partial charge on any atom is -0.444 e. The lowest BCUT2D eigenvalue weighted by Crippen LogP contribution is -2.58. The minimum absolute atomic E-state index is 0.0134. The summed E-state index contributed by atoms with van der Waals surface area (Å²) in [5, 5.41) is 3.60. The van der Waals surface area contributed by atoms with Crippen molar-refractivity contribution in [2.24, 2.45) is 0 Å². The third-order valence-corrected chi connectivity index (χ3v) is 9.89. The fraction of sp³-hybridized carbons (Fsp3) is 0.690. The number of hydrogen-bond acceptors (Lipinski definition) is 7. The Kier molecular flexibility index (Phi) is 10.9. The highest BCUT2D eigenvalue weighted by Crippen LogP contribution is 2.29. The molecule has 2 saturated heterocycles. The maximum absolute atomic E-state index is 13.8. The van der Waals surface area contributed by atoms with Crippen molar-refractivity contribution in [2.75, 3.05) is 43.6 Å².